The molecular weight excluding hydrogens is 298 g/mol. The fourth-order valence-corrected chi connectivity index (χ4v) is 5.11. The first-order valence-corrected chi connectivity index (χ1v) is 9.03. The minimum atomic E-state index is -3.42. The monoisotopic (exact) mass is 319 g/mol. The van der Waals surface area contributed by atoms with Crippen LogP contribution in [0, 0.1) is 5.92 Å². The second kappa shape index (κ2) is 7.00. The van der Waals surface area contributed by atoms with Gasteiger partial charge in [0.05, 0.1) is 6.61 Å². The lowest BCUT2D eigenvalue weighted by molar-refractivity contribution is 0.0495. The molecule has 1 aromatic heterocycles. The van der Waals surface area contributed by atoms with Crippen molar-refractivity contribution in [3.63, 3.8) is 0 Å². The smallest absolute Gasteiger partial charge is 0.252 e. The zero-order valence-corrected chi connectivity index (χ0v) is 13.3. The molecule has 7 heteroatoms. The number of ether oxygens (including phenoxy) is 1. The molecule has 1 fully saturated rings. The van der Waals surface area contributed by atoms with Gasteiger partial charge in [0.15, 0.2) is 0 Å². The molecule has 1 saturated heterocycles. The Kier molecular flexibility index (Phi) is 5.57. The molecule has 1 aliphatic rings. The molecule has 0 spiro atoms. The first-order chi connectivity index (χ1) is 9.54. The summed E-state index contributed by atoms with van der Waals surface area (Å²) in [4.78, 5) is 0.889. The summed E-state index contributed by atoms with van der Waals surface area (Å²) in [6.07, 6.45) is 2.51. The van der Waals surface area contributed by atoms with Crippen LogP contribution in [0.5, 0.6) is 0 Å². The van der Waals surface area contributed by atoms with Gasteiger partial charge in [0.2, 0.25) is 0 Å². The van der Waals surface area contributed by atoms with Crippen molar-refractivity contribution in [2.75, 3.05) is 33.4 Å². The standard InChI is InChI=1S/C13H21NO4S2/c1-14(9-11-3-2-8-18-10-11)20(16,17)13-5-4-12(19-13)6-7-15/h4-5,11,15H,2-3,6-10H2,1H3. The van der Waals surface area contributed by atoms with Crippen molar-refractivity contribution in [3.05, 3.63) is 17.0 Å². The number of hydrogen-bond donors (Lipinski definition) is 1. The van der Waals surface area contributed by atoms with Gasteiger partial charge in [0, 0.05) is 38.1 Å². The van der Waals surface area contributed by atoms with Crippen molar-refractivity contribution in [1.82, 2.24) is 4.31 Å². The van der Waals surface area contributed by atoms with E-state index in [4.69, 9.17) is 9.84 Å². The molecular formula is C13H21NO4S2. The summed E-state index contributed by atoms with van der Waals surface area (Å²) < 4.78 is 32.1. The maximum Gasteiger partial charge on any atom is 0.252 e. The van der Waals surface area contributed by atoms with Crippen molar-refractivity contribution < 1.29 is 18.3 Å². The Morgan fingerprint density at radius 2 is 2.30 bits per heavy atom. The molecule has 0 aliphatic carbocycles. The number of aliphatic hydroxyl groups is 1. The summed E-state index contributed by atoms with van der Waals surface area (Å²) in [5, 5.41) is 8.89. The SMILES string of the molecule is CN(CC1CCCOC1)S(=O)(=O)c1ccc(CCO)s1. The van der Waals surface area contributed by atoms with Crippen molar-refractivity contribution in [2.45, 2.75) is 23.5 Å². The van der Waals surface area contributed by atoms with E-state index in [0.29, 0.717) is 23.8 Å². The van der Waals surface area contributed by atoms with Gasteiger partial charge in [-0.3, -0.25) is 0 Å². The number of sulfonamides is 1. The van der Waals surface area contributed by atoms with Crippen LogP contribution >= 0.6 is 11.3 Å². The first-order valence-electron chi connectivity index (χ1n) is 6.77. The summed E-state index contributed by atoms with van der Waals surface area (Å²) in [5.41, 5.74) is 0. The molecule has 0 aromatic carbocycles. The third kappa shape index (κ3) is 3.79. The molecule has 1 atom stereocenters. The summed E-state index contributed by atoms with van der Waals surface area (Å²) >= 11 is 1.23. The van der Waals surface area contributed by atoms with Crippen LogP contribution in [0.2, 0.25) is 0 Å². The van der Waals surface area contributed by atoms with Crippen LogP contribution in [-0.4, -0.2) is 51.2 Å². The van der Waals surface area contributed by atoms with Gasteiger partial charge in [-0.2, -0.15) is 4.31 Å². The summed E-state index contributed by atoms with van der Waals surface area (Å²) in [7, 11) is -1.80. The number of thiophene rings is 1. The van der Waals surface area contributed by atoms with Gasteiger partial charge < -0.3 is 9.84 Å². The molecule has 0 amide bonds. The van der Waals surface area contributed by atoms with Crippen molar-refractivity contribution in [1.29, 1.82) is 0 Å². The van der Waals surface area contributed by atoms with Gasteiger partial charge in [0.1, 0.15) is 4.21 Å². The van der Waals surface area contributed by atoms with Gasteiger partial charge in [-0.25, -0.2) is 8.42 Å². The van der Waals surface area contributed by atoms with Crippen LogP contribution in [0.1, 0.15) is 17.7 Å². The predicted octanol–water partition coefficient (Wildman–Crippen LogP) is 1.33. The second-order valence-corrected chi connectivity index (χ2v) is 8.50. The average molecular weight is 319 g/mol. The molecule has 2 heterocycles. The van der Waals surface area contributed by atoms with Gasteiger partial charge in [0.25, 0.3) is 10.0 Å². The first kappa shape index (κ1) is 15.9. The van der Waals surface area contributed by atoms with Crippen molar-refractivity contribution in [2.24, 2.45) is 5.92 Å². The zero-order valence-electron chi connectivity index (χ0n) is 11.6. The summed E-state index contributed by atoms with van der Waals surface area (Å²) in [5.74, 6) is 0.278. The second-order valence-electron chi connectivity index (χ2n) is 5.06. The number of aliphatic hydroxyl groups excluding tert-OH is 1. The molecule has 1 aliphatic heterocycles. The van der Waals surface area contributed by atoms with E-state index in [1.54, 1.807) is 19.2 Å². The summed E-state index contributed by atoms with van der Waals surface area (Å²) in [6.45, 7) is 1.95. The van der Waals surface area contributed by atoms with Crippen LogP contribution in [0.25, 0.3) is 0 Å². The van der Waals surface area contributed by atoms with Crippen LogP contribution in [-0.2, 0) is 21.2 Å². The number of rotatable bonds is 6. The normalized spacial score (nSPS) is 20.4. The molecule has 0 saturated carbocycles. The fourth-order valence-electron chi connectivity index (χ4n) is 2.31. The fraction of sp³-hybridized carbons (Fsp3) is 0.692. The molecule has 5 nitrogen and oxygen atoms in total. The molecule has 1 unspecified atom stereocenters. The van der Waals surface area contributed by atoms with Crippen LogP contribution < -0.4 is 0 Å². The molecule has 114 valence electrons. The van der Waals surface area contributed by atoms with E-state index in [1.165, 1.54) is 15.6 Å². The Bertz CT molecular complexity index is 520. The highest BCUT2D eigenvalue weighted by Crippen LogP contribution is 2.26. The lowest BCUT2D eigenvalue weighted by Gasteiger charge is -2.26. The Morgan fingerprint density at radius 1 is 1.50 bits per heavy atom. The predicted molar refractivity (Wildman–Crippen MR) is 78.5 cm³/mol. The van der Waals surface area contributed by atoms with Crippen LogP contribution in [0.15, 0.2) is 16.3 Å². The lowest BCUT2D eigenvalue weighted by atomic mass is 10.0. The Balaban J connectivity index is 2.03. The highest BCUT2D eigenvalue weighted by Gasteiger charge is 2.26. The van der Waals surface area contributed by atoms with Crippen LogP contribution in [0.3, 0.4) is 0 Å². The van der Waals surface area contributed by atoms with Gasteiger partial charge >= 0.3 is 0 Å². The Morgan fingerprint density at radius 3 is 2.95 bits per heavy atom. The van der Waals surface area contributed by atoms with E-state index >= 15 is 0 Å². The molecule has 1 aromatic rings. The molecule has 1 N–H and O–H groups in total. The van der Waals surface area contributed by atoms with Crippen LogP contribution in [0.4, 0.5) is 0 Å². The maximum atomic E-state index is 12.5. The highest BCUT2D eigenvalue weighted by atomic mass is 32.2. The quantitative estimate of drug-likeness (QED) is 0.859. The van der Waals surface area contributed by atoms with Crippen molar-refractivity contribution >= 4 is 21.4 Å². The minimum absolute atomic E-state index is 0.0370. The number of hydrogen-bond acceptors (Lipinski definition) is 5. The van der Waals surface area contributed by atoms with Gasteiger partial charge in [-0.1, -0.05) is 0 Å². The van der Waals surface area contributed by atoms with E-state index in [1.807, 2.05) is 0 Å². The van der Waals surface area contributed by atoms with Gasteiger partial charge in [-0.05, 0) is 30.9 Å². The molecule has 0 bridgehead atoms. The third-order valence-electron chi connectivity index (χ3n) is 3.43. The highest BCUT2D eigenvalue weighted by molar-refractivity contribution is 7.91. The zero-order chi connectivity index (χ0) is 14.6. The Labute approximate surface area is 124 Å². The maximum absolute atomic E-state index is 12.5. The largest absolute Gasteiger partial charge is 0.396 e. The van der Waals surface area contributed by atoms with E-state index in [2.05, 4.69) is 0 Å². The van der Waals surface area contributed by atoms with E-state index < -0.39 is 10.0 Å². The average Bonchev–Trinajstić information content (AvgIpc) is 2.89. The van der Waals surface area contributed by atoms with Gasteiger partial charge in [-0.15, -0.1) is 11.3 Å². The molecule has 2 rings (SSSR count). The van der Waals surface area contributed by atoms with E-state index in [0.717, 1.165) is 24.3 Å². The molecule has 0 radical (unpaired) electrons. The minimum Gasteiger partial charge on any atom is -0.396 e. The summed E-state index contributed by atoms with van der Waals surface area (Å²) in [6, 6.07) is 3.39. The topological polar surface area (TPSA) is 66.8 Å². The lowest BCUT2D eigenvalue weighted by Crippen LogP contribution is -2.34. The van der Waals surface area contributed by atoms with E-state index in [9.17, 15) is 8.42 Å². The third-order valence-corrected chi connectivity index (χ3v) is 6.87. The Hall–Kier alpha value is -0.470. The van der Waals surface area contributed by atoms with Crippen molar-refractivity contribution in [3.8, 4) is 0 Å². The number of nitrogens with zero attached hydrogens (tertiary/aromatic N) is 1. The van der Waals surface area contributed by atoms with E-state index in [-0.39, 0.29) is 12.5 Å². The molecule has 20 heavy (non-hydrogen) atoms.